The number of ether oxygens (including phenoxy) is 1. The summed E-state index contributed by atoms with van der Waals surface area (Å²) in [5.41, 5.74) is 1.64. The highest BCUT2D eigenvalue weighted by Crippen LogP contribution is 2.19. The van der Waals surface area contributed by atoms with Gasteiger partial charge in [0, 0.05) is 5.56 Å². The number of hydrogen-bond acceptors (Lipinski definition) is 6. The predicted octanol–water partition coefficient (Wildman–Crippen LogP) is 3.35. The van der Waals surface area contributed by atoms with E-state index >= 15 is 0 Å². The fourth-order valence-corrected chi connectivity index (χ4v) is 2.94. The van der Waals surface area contributed by atoms with E-state index in [2.05, 4.69) is 15.3 Å². The first-order valence-corrected chi connectivity index (χ1v) is 9.70. The van der Waals surface area contributed by atoms with E-state index in [0.29, 0.717) is 16.6 Å². The number of rotatable bonds is 7. The molecule has 1 aromatic heterocycles. The average molecular weight is 418 g/mol. The lowest BCUT2D eigenvalue weighted by atomic mass is 10.0. The fourth-order valence-electron chi connectivity index (χ4n) is 2.94. The molecule has 0 radical (unpaired) electrons. The van der Waals surface area contributed by atoms with Crippen LogP contribution in [-0.2, 0) is 9.53 Å². The van der Waals surface area contributed by atoms with Gasteiger partial charge in [0.1, 0.15) is 24.3 Å². The summed E-state index contributed by atoms with van der Waals surface area (Å²) in [6.45, 7) is 3.01. The number of H-pyrrole nitrogens is 1. The van der Waals surface area contributed by atoms with Crippen molar-refractivity contribution in [1.29, 1.82) is 5.26 Å². The van der Waals surface area contributed by atoms with E-state index in [0.717, 1.165) is 0 Å². The van der Waals surface area contributed by atoms with Crippen molar-refractivity contribution >= 4 is 28.5 Å². The molecule has 0 fully saturated rings. The monoisotopic (exact) mass is 418 g/mol. The van der Waals surface area contributed by atoms with Crippen molar-refractivity contribution in [3.05, 3.63) is 71.7 Å². The normalized spacial score (nSPS) is 12.7. The van der Waals surface area contributed by atoms with Crippen LogP contribution in [0, 0.1) is 17.2 Å². The number of aromatic nitrogens is 2. The second kappa shape index (κ2) is 9.59. The molecule has 1 amide bonds. The zero-order valence-electron chi connectivity index (χ0n) is 17.1. The first kappa shape index (κ1) is 21.6. The van der Waals surface area contributed by atoms with E-state index in [1.807, 2.05) is 12.1 Å². The molecule has 3 N–H and O–H groups in total. The van der Waals surface area contributed by atoms with Gasteiger partial charge in [-0.05, 0) is 30.2 Å². The van der Waals surface area contributed by atoms with Crippen LogP contribution in [0.1, 0.15) is 30.0 Å². The Bertz CT molecular complexity index is 1130. The molecule has 0 bridgehead atoms. The van der Waals surface area contributed by atoms with Crippen LogP contribution in [0.3, 0.4) is 0 Å². The Kier molecular flexibility index (Phi) is 6.67. The van der Waals surface area contributed by atoms with Gasteiger partial charge >= 0.3 is 5.97 Å². The maximum atomic E-state index is 12.6. The van der Waals surface area contributed by atoms with Crippen molar-refractivity contribution in [2.45, 2.75) is 19.9 Å². The van der Waals surface area contributed by atoms with Crippen LogP contribution in [0.25, 0.3) is 16.6 Å². The van der Waals surface area contributed by atoms with Gasteiger partial charge in [0.25, 0.3) is 5.91 Å². The number of nitriles is 1. The average Bonchev–Trinajstić information content (AvgIpc) is 3.20. The number of allylic oxidation sites excluding steroid dienone is 1. The van der Waals surface area contributed by atoms with Crippen molar-refractivity contribution in [2.24, 2.45) is 5.92 Å². The number of benzene rings is 2. The highest BCUT2D eigenvalue weighted by atomic mass is 16.5. The summed E-state index contributed by atoms with van der Waals surface area (Å²) >= 11 is 0. The van der Waals surface area contributed by atoms with E-state index in [1.54, 1.807) is 62.4 Å². The molecule has 3 aromatic rings. The molecule has 1 atom stereocenters. The van der Waals surface area contributed by atoms with E-state index in [4.69, 9.17) is 4.74 Å². The molecule has 0 aliphatic heterocycles. The van der Waals surface area contributed by atoms with E-state index in [1.165, 1.54) is 0 Å². The highest BCUT2D eigenvalue weighted by molar-refractivity contribution is 5.96. The predicted molar refractivity (Wildman–Crippen MR) is 115 cm³/mol. The maximum absolute atomic E-state index is 12.6. The lowest BCUT2D eigenvalue weighted by Crippen LogP contribution is -2.45. The van der Waals surface area contributed by atoms with Crippen LogP contribution in [0.15, 0.2) is 60.4 Å². The molecule has 31 heavy (non-hydrogen) atoms. The van der Waals surface area contributed by atoms with E-state index < -0.39 is 30.3 Å². The summed E-state index contributed by atoms with van der Waals surface area (Å²) in [7, 11) is 0. The van der Waals surface area contributed by atoms with Crippen LogP contribution in [0.4, 0.5) is 0 Å². The molecular weight excluding hydrogens is 396 g/mol. The highest BCUT2D eigenvalue weighted by Gasteiger charge is 2.27. The number of amides is 1. The molecule has 2 aromatic carbocycles. The zero-order chi connectivity index (χ0) is 22.4. The summed E-state index contributed by atoms with van der Waals surface area (Å²) in [4.78, 5) is 32.2. The summed E-state index contributed by atoms with van der Waals surface area (Å²) in [5.74, 6) is -1.64. The topological polar surface area (TPSA) is 128 Å². The third kappa shape index (κ3) is 5.08. The fraction of sp³-hybridized carbons (Fsp3) is 0.217. The Morgan fingerprint density at radius 3 is 2.48 bits per heavy atom. The number of carbonyl (C=O) groups excluding carboxylic acids is 2. The van der Waals surface area contributed by atoms with Crippen molar-refractivity contribution in [3.63, 3.8) is 0 Å². The van der Waals surface area contributed by atoms with Gasteiger partial charge in [-0.1, -0.05) is 44.2 Å². The summed E-state index contributed by atoms with van der Waals surface area (Å²) in [6, 6.07) is 16.7. The minimum atomic E-state index is -0.919. The molecule has 0 saturated carbocycles. The van der Waals surface area contributed by atoms with Crippen molar-refractivity contribution in [2.75, 3.05) is 6.61 Å². The Morgan fingerprint density at radius 1 is 1.16 bits per heavy atom. The number of aromatic amines is 1. The largest absolute Gasteiger partial charge is 0.507 e. The van der Waals surface area contributed by atoms with Gasteiger partial charge in [0.2, 0.25) is 0 Å². The number of fused-ring (bicyclic) bond motifs is 1. The van der Waals surface area contributed by atoms with Gasteiger partial charge in [-0.15, -0.1) is 0 Å². The van der Waals surface area contributed by atoms with Gasteiger partial charge in [0.15, 0.2) is 11.6 Å². The van der Waals surface area contributed by atoms with Gasteiger partial charge in [-0.25, -0.2) is 9.78 Å². The number of hydrogen-bond donors (Lipinski definition) is 3. The summed E-state index contributed by atoms with van der Waals surface area (Å²) in [6.07, 6.45) is 0. The second-order valence-electron chi connectivity index (χ2n) is 7.20. The first-order valence-electron chi connectivity index (χ1n) is 9.70. The van der Waals surface area contributed by atoms with E-state index in [9.17, 15) is 20.0 Å². The van der Waals surface area contributed by atoms with Crippen molar-refractivity contribution < 1.29 is 19.4 Å². The molecule has 0 spiro atoms. The number of carbonyl (C=O) groups is 2. The molecular formula is C23H22N4O4. The minimum absolute atomic E-state index is 0.126. The van der Waals surface area contributed by atoms with Crippen LogP contribution in [0.5, 0.6) is 0 Å². The minimum Gasteiger partial charge on any atom is -0.507 e. The molecule has 8 heteroatoms. The Balaban J connectivity index is 1.71. The number of para-hydroxylation sites is 2. The van der Waals surface area contributed by atoms with Gasteiger partial charge in [0.05, 0.1) is 11.0 Å². The zero-order valence-corrected chi connectivity index (χ0v) is 17.1. The lowest BCUT2D eigenvalue weighted by molar-refractivity contribution is -0.146. The van der Waals surface area contributed by atoms with Crippen molar-refractivity contribution in [3.8, 4) is 6.07 Å². The quantitative estimate of drug-likeness (QED) is 0.307. The number of esters is 1. The van der Waals surface area contributed by atoms with E-state index in [-0.39, 0.29) is 17.3 Å². The molecule has 0 unspecified atom stereocenters. The Morgan fingerprint density at radius 2 is 1.84 bits per heavy atom. The maximum Gasteiger partial charge on any atom is 0.329 e. The Labute approximate surface area is 179 Å². The molecule has 8 nitrogen and oxygen atoms in total. The number of imidazole rings is 1. The molecule has 0 aliphatic rings. The number of nitrogens with zero attached hydrogens (tertiary/aromatic N) is 2. The molecule has 3 rings (SSSR count). The van der Waals surface area contributed by atoms with Gasteiger partial charge in [-0.2, -0.15) is 5.26 Å². The van der Waals surface area contributed by atoms with Crippen LogP contribution >= 0.6 is 0 Å². The van der Waals surface area contributed by atoms with Gasteiger partial charge < -0.3 is 20.1 Å². The summed E-state index contributed by atoms with van der Waals surface area (Å²) < 4.78 is 5.19. The molecule has 158 valence electrons. The summed E-state index contributed by atoms with van der Waals surface area (Å²) in [5, 5.41) is 22.5. The number of aliphatic hydroxyl groups is 1. The number of aliphatic hydroxyl groups excluding tert-OH is 1. The molecule has 1 heterocycles. The smallest absolute Gasteiger partial charge is 0.329 e. The van der Waals surface area contributed by atoms with Crippen LogP contribution < -0.4 is 5.32 Å². The third-order valence-corrected chi connectivity index (χ3v) is 4.62. The Hall–Kier alpha value is -4.12. The molecule has 0 aliphatic carbocycles. The lowest BCUT2D eigenvalue weighted by Gasteiger charge is -2.21. The number of nitrogens with one attached hydrogen (secondary N) is 2. The second-order valence-corrected chi connectivity index (χ2v) is 7.20. The standard InChI is InChI=1S/C23H22N4O4/c1-14(2)20(27-22(29)15-8-4-3-5-9-15)23(30)31-13-19(28)16(12-24)21-25-17-10-6-7-11-18(17)26-21/h3-11,14,20,28H,13H2,1-2H3,(H,25,26)(H,27,29)/b19-16-/t20-/m0/s1. The van der Waals surface area contributed by atoms with Crippen molar-refractivity contribution in [1.82, 2.24) is 15.3 Å². The third-order valence-electron chi connectivity index (χ3n) is 4.62. The van der Waals surface area contributed by atoms with Crippen LogP contribution in [0.2, 0.25) is 0 Å². The van der Waals surface area contributed by atoms with Crippen LogP contribution in [-0.4, -0.2) is 39.6 Å². The molecule has 0 saturated heterocycles. The first-order chi connectivity index (χ1) is 14.9. The SMILES string of the molecule is CC(C)[C@H](NC(=O)c1ccccc1)C(=O)OC/C(O)=C(\C#N)c1nc2ccccc2[nH]1. The van der Waals surface area contributed by atoms with Gasteiger partial charge in [-0.3, -0.25) is 4.79 Å².